The largest absolute Gasteiger partial charge is 0.392 e. The summed E-state index contributed by atoms with van der Waals surface area (Å²) in [6, 6.07) is 5.69. The van der Waals surface area contributed by atoms with Crippen molar-refractivity contribution in [2.45, 2.75) is 20.1 Å². The molecule has 2 rings (SSSR count). The molecule has 0 bridgehead atoms. The molecule has 2 heterocycles. The van der Waals surface area contributed by atoms with Crippen LogP contribution in [0.4, 0.5) is 5.82 Å². The van der Waals surface area contributed by atoms with Crippen molar-refractivity contribution in [2.75, 3.05) is 11.4 Å². The number of aliphatic hydroxyl groups excluding tert-OH is 1. The van der Waals surface area contributed by atoms with Crippen LogP contribution in [0.3, 0.4) is 0 Å². The Balaban J connectivity index is 2.22. The first kappa shape index (κ1) is 13.8. The van der Waals surface area contributed by atoms with Gasteiger partial charge >= 0.3 is 0 Å². The highest BCUT2D eigenvalue weighted by molar-refractivity contribution is 6.33. The van der Waals surface area contributed by atoms with Crippen molar-refractivity contribution in [1.82, 2.24) is 9.97 Å². The molecule has 0 spiro atoms. The third-order valence-electron chi connectivity index (χ3n) is 2.87. The van der Waals surface area contributed by atoms with Crippen molar-refractivity contribution in [3.8, 4) is 0 Å². The molecule has 5 heteroatoms. The van der Waals surface area contributed by atoms with E-state index in [1.165, 1.54) is 0 Å². The molecule has 0 saturated carbocycles. The molecule has 100 valence electrons. The zero-order chi connectivity index (χ0) is 13.7. The van der Waals surface area contributed by atoms with E-state index in [2.05, 4.69) is 21.8 Å². The van der Waals surface area contributed by atoms with Gasteiger partial charge in [0.05, 0.1) is 11.6 Å². The lowest BCUT2D eigenvalue weighted by molar-refractivity contribution is 0.281. The number of aromatic nitrogens is 2. The van der Waals surface area contributed by atoms with Crippen molar-refractivity contribution in [3.63, 3.8) is 0 Å². The van der Waals surface area contributed by atoms with Crippen molar-refractivity contribution in [2.24, 2.45) is 0 Å². The second kappa shape index (κ2) is 6.50. The number of nitrogens with zero attached hydrogens (tertiary/aromatic N) is 3. The summed E-state index contributed by atoms with van der Waals surface area (Å²) in [5.74, 6) is 0.734. The smallest absolute Gasteiger partial charge is 0.147 e. The summed E-state index contributed by atoms with van der Waals surface area (Å²) >= 11 is 6.22. The molecule has 0 saturated heterocycles. The fraction of sp³-hybridized carbons (Fsp3) is 0.286. The van der Waals surface area contributed by atoms with Crippen LogP contribution in [0, 0.1) is 0 Å². The lowest BCUT2D eigenvalue weighted by atomic mass is 10.2. The molecule has 0 aliphatic rings. The average Bonchev–Trinajstić information content (AvgIpc) is 2.46. The van der Waals surface area contributed by atoms with E-state index >= 15 is 0 Å². The molecule has 0 aromatic carbocycles. The summed E-state index contributed by atoms with van der Waals surface area (Å²) in [5, 5.41) is 9.62. The monoisotopic (exact) mass is 277 g/mol. The molecule has 0 unspecified atom stereocenters. The summed E-state index contributed by atoms with van der Waals surface area (Å²) in [7, 11) is 0. The zero-order valence-electron chi connectivity index (χ0n) is 10.8. The van der Waals surface area contributed by atoms with E-state index in [-0.39, 0.29) is 6.61 Å². The molecule has 0 aliphatic carbocycles. The van der Waals surface area contributed by atoms with E-state index in [1.807, 2.05) is 12.1 Å². The van der Waals surface area contributed by atoms with Crippen LogP contribution in [0.25, 0.3) is 0 Å². The first-order valence-electron chi connectivity index (χ1n) is 6.13. The minimum atomic E-state index is -0.0521. The van der Waals surface area contributed by atoms with E-state index in [0.29, 0.717) is 10.6 Å². The Morgan fingerprint density at radius 1 is 1.26 bits per heavy atom. The minimum absolute atomic E-state index is 0.0521. The van der Waals surface area contributed by atoms with Crippen LogP contribution in [-0.2, 0) is 13.2 Å². The first-order chi connectivity index (χ1) is 9.24. The van der Waals surface area contributed by atoms with Gasteiger partial charge in [-0.2, -0.15) is 0 Å². The van der Waals surface area contributed by atoms with Crippen LogP contribution in [0.1, 0.15) is 18.1 Å². The third kappa shape index (κ3) is 3.43. The molecule has 4 nitrogen and oxygen atoms in total. The third-order valence-corrected chi connectivity index (χ3v) is 3.14. The highest BCUT2D eigenvalue weighted by atomic mass is 35.5. The molecule has 19 heavy (non-hydrogen) atoms. The first-order valence-corrected chi connectivity index (χ1v) is 6.51. The second-order valence-electron chi connectivity index (χ2n) is 4.18. The van der Waals surface area contributed by atoms with E-state index in [4.69, 9.17) is 16.7 Å². The van der Waals surface area contributed by atoms with Gasteiger partial charge in [0, 0.05) is 31.7 Å². The van der Waals surface area contributed by atoms with Gasteiger partial charge in [0.15, 0.2) is 0 Å². The van der Waals surface area contributed by atoms with E-state index in [1.54, 1.807) is 24.7 Å². The maximum atomic E-state index is 9.06. The van der Waals surface area contributed by atoms with Crippen molar-refractivity contribution >= 4 is 17.4 Å². The summed E-state index contributed by atoms with van der Waals surface area (Å²) in [6.07, 6.45) is 5.19. The Labute approximate surface area is 117 Å². The van der Waals surface area contributed by atoms with Gasteiger partial charge in [0.1, 0.15) is 5.82 Å². The number of hydrogen-bond acceptors (Lipinski definition) is 4. The SMILES string of the molecule is CCN(Cc1ccncc1)c1ncc(CO)cc1Cl. The molecular formula is C14H16ClN3O. The lowest BCUT2D eigenvalue weighted by Crippen LogP contribution is -2.23. The Bertz CT molecular complexity index is 533. The maximum absolute atomic E-state index is 9.06. The van der Waals surface area contributed by atoms with E-state index in [0.717, 1.165) is 24.5 Å². The van der Waals surface area contributed by atoms with Gasteiger partial charge < -0.3 is 10.0 Å². The Kier molecular flexibility index (Phi) is 4.71. The van der Waals surface area contributed by atoms with Crippen LogP contribution in [-0.4, -0.2) is 21.6 Å². The maximum Gasteiger partial charge on any atom is 0.147 e. The predicted molar refractivity (Wildman–Crippen MR) is 76.1 cm³/mol. The van der Waals surface area contributed by atoms with Crippen LogP contribution >= 0.6 is 11.6 Å². The van der Waals surface area contributed by atoms with Gasteiger partial charge in [0.25, 0.3) is 0 Å². The predicted octanol–water partition coefficient (Wildman–Crippen LogP) is 2.65. The molecule has 2 aromatic rings. The number of hydrogen-bond donors (Lipinski definition) is 1. The highest BCUT2D eigenvalue weighted by Gasteiger charge is 2.11. The number of rotatable bonds is 5. The quantitative estimate of drug-likeness (QED) is 0.913. The molecule has 1 N–H and O–H groups in total. The number of halogens is 1. The number of aliphatic hydroxyl groups is 1. The van der Waals surface area contributed by atoms with Gasteiger partial charge in [0.2, 0.25) is 0 Å². The fourth-order valence-corrected chi connectivity index (χ4v) is 2.14. The Hall–Kier alpha value is -1.65. The molecule has 0 radical (unpaired) electrons. The summed E-state index contributed by atoms with van der Waals surface area (Å²) in [6.45, 7) is 3.53. The molecule has 0 amide bonds. The highest BCUT2D eigenvalue weighted by Crippen LogP contribution is 2.25. The van der Waals surface area contributed by atoms with Crippen molar-refractivity contribution < 1.29 is 5.11 Å². The van der Waals surface area contributed by atoms with Gasteiger partial charge in [-0.05, 0) is 36.2 Å². The van der Waals surface area contributed by atoms with Crippen LogP contribution in [0.5, 0.6) is 0 Å². The minimum Gasteiger partial charge on any atom is -0.392 e. The molecule has 0 atom stereocenters. The van der Waals surface area contributed by atoms with Gasteiger partial charge in [-0.15, -0.1) is 0 Å². The number of pyridine rings is 2. The van der Waals surface area contributed by atoms with E-state index in [9.17, 15) is 0 Å². The van der Waals surface area contributed by atoms with Crippen molar-refractivity contribution in [1.29, 1.82) is 0 Å². The topological polar surface area (TPSA) is 49.2 Å². The normalized spacial score (nSPS) is 10.5. The zero-order valence-corrected chi connectivity index (χ0v) is 11.5. The van der Waals surface area contributed by atoms with Crippen LogP contribution in [0.15, 0.2) is 36.8 Å². The standard InChI is InChI=1S/C14H16ClN3O/c1-2-18(9-11-3-5-16-6-4-11)14-13(15)7-12(10-19)8-17-14/h3-8,19H,2,9-10H2,1H3. The Morgan fingerprint density at radius 3 is 2.58 bits per heavy atom. The molecule has 0 aliphatic heterocycles. The van der Waals surface area contributed by atoms with Gasteiger partial charge in [-0.25, -0.2) is 4.98 Å². The number of anilines is 1. The average molecular weight is 278 g/mol. The molecular weight excluding hydrogens is 262 g/mol. The lowest BCUT2D eigenvalue weighted by Gasteiger charge is -2.23. The van der Waals surface area contributed by atoms with Gasteiger partial charge in [-0.3, -0.25) is 4.98 Å². The second-order valence-corrected chi connectivity index (χ2v) is 4.58. The van der Waals surface area contributed by atoms with Crippen LogP contribution in [0.2, 0.25) is 5.02 Å². The van der Waals surface area contributed by atoms with Gasteiger partial charge in [-0.1, -0.05) is 11.6 Å². The molecule has 0 fully saturated rings. The summed E-state index contributed by atoms with van der Waals surface area (Å²) in [5.41, 5.74) is 1.87. The van der Waals surface area contributed by atoms with E-state index < -0.39 is 0 Å². The van der Waals surface area contributed by atoms with Crippen molar-refractivity contribution in [3.05, 3.63) is 52.9 Å². The Morgan fingerprint density at radius 2 is 2.00 bits per heavy atom. The summed E-state index contributed by atoms with van der Waals surface area (Å²) in [4.78, 5) is 10.4. The fourth-order valence-electron chi connectivity index (χ4n) is 1.83. The molecule has 2 aromatic heterocycles. The van der Waals surface area contributed by atoms with Crippen LogP contribution < -0.4 is 4.90 Å². The summed E-state index contributed by atoms with van der Waals surface area (Å²) < 4.78 is 0.